The van der Waals surface area contributed by atoms with Gasteiger partial charge in [0.05, 0.1) is 12.6 Å². The maximum absolute atomic E-state index is 12.7. The van der Waals surface area contributed by atoms with Crippen LogP contribution in [-0.4, -0.2) is 60.0 Å². The number of nitrogens with two attached hydrogens (primary N) is 1. The van der Waals surface area contributed by atoms with E-state index < -0.39 is 29.8 Å². The molecule has 1 aromatic rings. The number of phenolic OH excluding ortho intramolecular Hbond substituents is 1. The van der Waals surface area contributed by atoms with Crippen LogP contribution in [0, 0.1) is 5.92 Å². The third-order valence-corrected chi connectivity index (χ3v) is 5.65. The Morgan fingerprint density at radius 3 is 2.44 bits per heavy atom. The standard InChI is InChI=1S/C22H33N5O5/c1-3-13(2)19(27-21(31)16-5-4-10-24-16)22(32)25-12-18(29)26-17(20(23)30)11-14-6-8-15(28)9-7-14/h6-9,13,16-17,19,24,28H,3-5,10-12H2,1-2H3,(H2,23,30)(H,25,32)(H,26,29)(H,27,31). The molecule has 1 aliphatic rings. The van der Waals surface area contributed by atoms with Crippen molar-refractivity contribution in [2.24, 2.45) is 11.7 Å². The second kappa shape index (κ2) is 12.0. The number of nitrogens with one attached hydrogen (secondary N) is 4. The zero-order valence-electron chi connectivity index (χ0n) is 18.5. The quantitative estimate of drug-likeness (QED) is 0.263. The molecule has 1 aromatic carbocycles. The van der Waals surface area contributed by atoms with Gasteiger partial charge in [-0.2, -0.15) is 0 Å². The van der Waals surface area contributed by atoms with E-state index >= 15 is 0 Å². The summed E-state index contributed by atoms with van der Waals surface area (Å²) in [5, 5.41) is 20.3. The molecule has 1 fully saturated rings. The van der Waals surface area contributed by atoms with Crippen LogP contribution in [0.25, 0.3) is 0 Å². The molecule has 0 aliphatic carbocycles. The summed E-state index contributed by atoms with van der Waals surface area (Å²) in [5.74, 6) is -2.02. The Labute approximate surface area is 187 Å². The summed E-state index contributed by atoms with van der Waals surface area (Å²) in [6, 6.07) is 4.14. The Bertz CT molecular complexity index is 807. The lowest BCUT2D eigenvalue weighted by molar-refractivity contribution is -0.132. The number of benzene rings is 1. The predicted octanol–water partition coefficient (Wildman–Crippen LogP) is -0.696. The van der Waals surface area contributed by atoms with Crippen molar-refractivity contribution < 1.29 is 24.3 Å². The van der Waals surface area contributed by atoms with Gasteiger partial charge in [-0.1, -0.05) is 32.4 Å². The second-order valence-electron chi connectivity index (χ2n) is 8.13. The summed E-state index contributed by atoms with van der Waals surface area (Å²) < 4.78 is 0. The largest absolute Gasteiger partial charge is 0.508 e. The minimum absolute atomic E-state index is 0.0859. The molecule has 1 aliphatic heterocycles. The van der Waals surface area contributed by atoms with Crippen molar-refractivity contribution >= 4 is 23.6 Å². The van der Waals surface area contributed by atoms with Crippen LogP contribution in [0.15, 0.2) is 24.3 Å². The molecular weight excluding hydrogens is 414 g/mol. The van der Waals surface area contributed by atoms with E-state index in [1.165, 1.54) is 12.1 Å². The summed E-state index contributed by atoms with van der Waals surface area (Å²) >= 11 is 0. The molecule has 0 aromatic heterocycles. The highest BCUT2D eigenvalue weighted by Crippen LogP contribution is 2.12. The molecule has 0 radical (unpaired) electrons. The van der Waals surface area contributed by atoms with Crippen LogP contribution in [0.2, 0.25) is 0 Å². The molecule has 32 heavy (non-hydrogen) atoms. The summed E-state index contributed by atoms with van der Waals surface area (Å²) in [5.41, 5.74) is 6.10. The van der Waals surface area contributed by atoms with Crippen molar-refractivity contribution in [1.82, 2.24) is 21.3 Å². The number of primary amides is 1. The fourth-order valence-corrected chi connectivity index (χ4v) is 3.48. The number of aromatic hydroxyl groups is 1. The Balaban J connectivity index is 1.90. The van der Waals surface area contributed by atoms with Gasteiger partial charge in [0.25, 0.3) is 0 Å². The first-order chi connectivity index (χ1) is 15.2. The van der Waals surface area contributed by atoms with Crippen LogP contribution in [-0.2, 0) is 25.6 Å². The Morgan fingerprint density at radius 1 is 1.19 bits per heavy atom. The average molecular weight is 448 g/mol. The van der Waals surface area contributed by atoms with E-state index in [4.69, 9.17) is 5.73 Å². The van der Waals surface area contributed by atoms with Gasteiger partial charge in [-0.3, -0.25) is 19.2 Å². The Hall–Kier alpha value is -3.14. The number of amides is 4. The van der Waals surface area contributed by atoms with Gasteiger partial charge in [-0.15, -0.1) is 0 Å². The third-order valence-electron chi connectivity index (χ3n) is 5.65. The van der Waals surface area contributed by atoms with Gasteiger partial charge in [-0.25, -0.2) is 0 Å². The van der Waals surface area contributed by atoms with E-state index in [-0.39, 0.29) is 36.6 Å². The van der Waals surface area contributed by atoms with Gasteiger partial charge in [0.1, 0.15) is 17.8 Å². The van der Waals surface area contributed by atoms with Gasteiger partial charge in [0.15, 0.2) is 0 Å². The molecule has 0 saturated carbocycles. The summed E-state index contributed by atoms with van der Waals surface area (Å²) in [6.45, 7) is 4.18. The molecule has 0 spiro atoms. The first-order valence-electron chi connectivity index (χ1n) is 10.9. The van der Waals surface area contributed by atoms with E-state index in [2.05, 4.69) is 21.3 Å². The van der Waals surface area contributed by atoms with Gasteiger partial charge >= 0.3 is 0 Å². The zero-order chi connectivity index (χ0) is 23.7. The number of phenols is 1. The van der Waals surface area contributed by atoms with Gasteiger partial charge < -0.3 is 32.1 Å². The van der Waals surface area contributed by atoms with E-state index in [0.717, 1.165) is 19.4 Å². The molecule has 1 saturated heterocycles. The van der Waals surface area contributed by atoms with Crippen molar-refractivity contribution in [1.29, 1.82) is 0 Å². The topological polar surface area (TPSA) is 163 Å². The number of carbonyl (C=O) groups is 4. The molecule has 2 rings (SSSR count). The molecule has 0 bridgehead atoms. The first-order valence-corrected chi connectivity index (χ1v) is 10.9. The SMILES string of the molecule is CCC(C)C(NC(=O)C1CCCN1)C(=O)NCC(=O)NC(Cc1ccc(O)cc1)C(N)=O. The molecule has 1 heterocycles. The Kier molecular flexibility index (Phi) is 9.45. The normalized spacial score (nSPS) is 18.2. The van der Waals surface area contributed by atoms with E-state index in [0.29, 0.717) is 12.0 Å². The van der Waals surface area contributed by atoms with Crippen molar-refractivity contribution in [3.8, 4) is 5.75 Å². The fraction of sp³-hybridized carbons (Fsp3) is 0.545. The second-order valence-corrected chi connectivity index (χ2v) is 8.13. The third kappa shape index (κ3) is 7.52. The van der Waals surface area contributed by atoms with Crippen molar-refractivity contribution in [2.45, 2.75) is 57.7 Å². The molecule has 176 valence electrons. The molecule has 4 amide bonds. The monoisotopic (exact) mass is 447 g/mol. The highest BCUT2D eigenvalue weighted by molar-refractivity contribution is 5.93. The van der Waals surface area contributed by atoms with Crippen molar-refractivity contribution in [3.63, 3.8) is 0 Å². The number of hydrogen-bond donors (Lipinski definition) is 6. The predicted molar refractivity (Wildman–Crippen MR) is 118 cm³/mol. The smallest absolute Gasteiger partial charge is 0.243 e. The minimum atomic E-state index is -0.970. The van der Waals surface area contributed by atoms with Gasteiger partial charge in [0.2, 0.25) is 23.6 Å². The summed E-state index contributed by atoms with van der Waals surface area (Å²) in [4.78, 5) is 49.2. The summed E-state index contributed by atoms with van der Waals surface area (Å²) in [7, 11) is 0. The van der Waals surface area contributed by atoms with Crippen LogP contribution in [0.3, 0.4) is 0 Å². The van der Waals surface area contributed by atoms with Crippen LogP contribution in [0.5, 0.6) is 5.75 Å². The zero-order valence-corrected chi connectivity index (χ0v) is 18.5. The highest BCUT2D eigenvalue weighted by atomic mass is 16.3. The minimum Gasteiger partial charge on any atom is -0.508 e. The molecule has 10 nitrogen and oxygen atoms in total. The average Bonchev–Trinajstić information content (AvgIpc) is 3.31. The molecule has 10 heteroatoms. The van der Waals surface area contributed by atoms with Crippen molar-refractivity contribution in [3.05, 3.63) is 29.8 Å². The maximum atomic E-state index is 12.7. The number of rotatable bonds is 11. The number of carbonyl (C=O) groups excluding carboxylic acids is 4. The fourth-order valence-electron chi connectivity index (χ4n) is 3.48. The van der Waals surface area contributed by atoms with E-state index in [1.807, 2.05) is 13.8 Å². The Morgan fingerprint density at radius 2 is 1.88 bits per heavy atom. The lowest BCUT2D eigenvalue weighted by Gasteiger charge is -2.25. The molecular formula is C22H33N5O5. The lowest BCUT2D eigenvalue weighted by atomic mass is 9.97. The number of hydrogen-bond acceptors (Lipinski definition) is 6. The van der Waals surface area contributed by atoms with Crippen LogP contribution >= 0.6 is 0 Å². The van der Waals surface area contributed by atoms with Gasteiger partial charge in [-0.05, 0) is 43.0 Å². The molecule has 4 unspecified atom stereocenters. The highest BCUT2D eigenvalue weighted by Gasteiger charge is 2.30. The van der Waals surface area contributed by atoms with Crippen molar-refractivity contribution in [2.75, 3.05) is 13.1 Å². The van der Waals surface area contributed by atoms with Gasteiger partial charge in [0, 0.05) is 6.42 Å². The van der Waals surface area contributed by atoms with E-state index in [1.54, 1.807) is 12.1 Å². The van der Waals surface area contributed by atoms with E-state index in [9.17, 15) is 24.3 Å². The van der Waals surface area contributed by atoms with Crippen LogP contribution in [0.1, 0.15) is 38.7 Å². The lowest BCUT2D eigenvalue weighted by Crippen LogP contribution is -2.55. The maximum Gasteiger partial charge on any atom is 0.243 e. The van der Waals surface area contributed by atoms with Crippen LogP contribution < -0.4 is 27.0 Å². The first kappa shape index (κ1) is 25.1. The molecule has 4 atom stereocenters. The molecule has 7 N–H and O–H groups in total. The van der Waals surface area contributed by atoms with Crippen LogP contribution in [0.4, 0.5) is 0 Å². The summed E-state index contributed by atoms with van der Waals surface area (Å²) in [6.07, 6.45) is 2.44.